The van der Waals surface area contributed by atoms with Crippen molar-refractivity contribution in [1.82, 2.24) is 14.9 Å². The number of aromatic amines is 1. The monoisotopic (exact) mass is 289 g/mol. The van der Waals surface area contributed by atoms with Gasteiger partial charge in [0.15, 0.2) is 0 Å². The molecule has 1 aliphatic rings. The average molecular weight is 289 g/mol. The third-order valence-electron chi connectivity index (χ3n) is 3.49. The summed E-state index contributed by atoms with van der Waals surface area (Å²) in [5.41, 5.74) is -0.953. The highest BCUT2D eigenvalue weighted by molar-refractivity contribution is 5.92. The Hall–Kier alpha value is -2.90. The highest BCUT2D eigenvalue weighted by Crippen LogP contribution is 2.19. The summed E-state index contributed by atoms with van der Waals surface area (Å²) < 4.78 is 1.25. The van der Waals surface area contributed by atoms with Gasteiger partial charge < -0.3 is 15.4 Å². The molecule has 3 N–H and O–H groups in total. The Morgan fingerprint density at radius 1 is 1.29 bits per heavy atom. The van der Waals surface area contributed by atoms with Gasteiger partial charge >= 0.3 is 17.1 Å². The highest BCUT2D eigenvalue weighted by Gasteiger charge is 2.26. The van der Waals surface area contributed by atoms with E-state index < -0.39 is 23.1 Å². The molecule has 1 amide bonds. The van der Waals surface area contributed by atoms with Gasteiger partial charge in [0.25, 0.3) is 0 Å². The largest absolute Gasteiger partial charge is 0.478 e. The number of nitrogens with zero attached hydrogens (tertiary/aromatic N) is 1. The van der Waals surface area contributed by atoms with E-state index in [0.717, 1.165) is 0 Å². The lowest BCUT2D eigenvalue weighted by Gasteiger charge is -2.14. The van der Waals surface area contributed by atoms with Crippen LogP contribution in [0.5, 0.6) is 0 Å². The van der Waals surface area contributed by atoms with Gasteiger partial charge in [0, 0.05) is 13.0 Å². The second-order valence-corrected chi connectivity index (χ2v) is 4.83. The van der Waals surface area contributed by atoms with E-state index in [1.807, 2.05) is 0 Å². The molecule has 1 atom stereocenters. The summed E-state index contributed by atoms with van der Waals surface area (Å²) in [6.07, 6.45) is 0.110. The molecular weight excluding hydrogens is 278 g/mol. The zero-order chi connectivity index (χ0) is 15.1. The third-order valence-corrected chi connectivity index (χ3v) is 3.49. The Bertz CT molecular complexity index is 879. The number of H-pyrrole nitrogens is 1. The minimum absolute atomic E-state index is 0.00368. The number of hydrogen-bond acceptors (Lipinski definition) is 4. The van der Waals surface area contributed by atoms with Gasteiger partial charge in [0.1, 0.15) is 0 Å². The van der Waals surface area contributed by atoms with Gasteiger partial charge in [-0.25, -0.2) is 4.79 Å². The maximum atomic E-state index is 12.1. The van der Waals surface area contributed by atoms with Crippen LogP contribution < -0.4 is 16.4 Å². The summed E-state index contributed by atoms with van der Waals surface area (Å²) in [6.45, 7) is 0.262. The zero-order valence-corrected chi connectivity index (χ0v) is 10.8. The van der Waals surface area contributed by atoms with Crippen molar-refractivity contribution in [2.24, 2.45) is 0 Å². The Labute approximate surface area is 117 Å². The number of carbonyl (C=O) groups excluding carboxylic acids is 1. The summed E-state index contributed by atoms with van der Waals surface area (Å²) in [4.78, 5) is 48.4. The standard InChI is InChI=1S/C13H11N3O5/c17-10-4-7(5-14-10)16-9-2-1-6(13(20)21)3-8(9)15-11(18)12(16)19/h1-3,7H,4-5H2,(H,14,17)(H,15,18)(H,20,21). The quantitative estimate of drug-likeness (QED) is 0.640. The molecule has 0 aliphatic carbocycles. The van der Waals surface area contributed by atoms with Crippen LogP contribution in [-0.4, -0.2) is 33.1 Å². The van der Waals surface area contributed by atoms with E-state index in [2.05, 4.69) is 10.3 Å². The summed E-state index contributed by atoms with van der Waals surface area (Å²) in [7, 11) is 0. The van der Waals surface area contributed by atoms with Crippen LogP contribution in [0.25, 0.3) is 11.0 Å². The highest BCUT2D eigenvalue weighted by atomic mass is 16.4. The third kappa shape index (κ3) is 2.10. The lowest BCUT2D eigenvalue weighted by atomic mass is 10.1. The number of carbonyl (C=O) groups is 2. The number of carboxylic acid groups (broad SMARTS) is 1. The molecule has 0 radical (unpaired) electrons. The van der Waals surface area contributed by atoms with Crippen molar-refractivity contribution >= 4 is 22.9 Å². The number of aromatic nitrogens is 2. The molecule has 1 aromatic heterocycles. The van der Waals surface area contributed by atoms with E-state index in [-0.39, 0.29) is 30.0 Å². The van der Waals surface area contributed by atoms with Gasteiger partial charge in [-0.3, -0.25) is 19.0 Å². The first-order chi connectivity index (χ1) is 9.97. The maximum absolute atomic E-state index is 12.1. The Morgan fingerprint density at radius 3 is 2.67 bits per heavy atom. The zero-order valence-electron chi connectivity index (χ0n) is 10.8. The molecule has 2 heterocycles. The molecule has 3 rings (SSSR count). The summed E-state index contributed by atoms with van der Waals surface area (Å²) in [6, 6.07) is 3.65. The molecule has 1 aromatic carbocycles. The maximum Gasteiger partial charge on any atom is 0.335 e. The van der Waals surface area contributed by atoms with E-state index in [1.54, 1.807) is 0 Å². The minimum Gasteiger partial charge on any atom is -0.478 e. The van der Waals surface area contributed by atoms with Gasteiger partial charge in [-0.2, -0.15) is 0 Å². The summed E-state index contributed by atoms with van der Waals surface area (Å²) >= 11 is 0. The van der Waals surface area contributed by atoms with E-state index >= 15 is 0 Å². The Kier molecular flexibility index (Phi) is 2.86. The first-order valence-electron chi connectivity index (χ1n) is 6.26. The van der Waals surface area contributed by atoms with Gasteiger partial charge in [-0.1, -0.05) is 0 Å². The van der Waals surface area contributed by atoms with Crippen molar-refractivity contribution < 1.29 is 14.7 Å². The molecule has 1 unspecified atom stereocenters. The van der Waals surface area contributed by atoms with E-state index in [0.29, 0.717) is 5.52 Å². The lowest BCUT2D eigenvalue weighted by Crippen LogP contribution is -2.39. The smallest absolute Gasteiger partial charge is 0.335 e. The fourth-order valence-corrected chi connectivity index (χ4v) is 2.51. The van der Waals surface area contributed by atoms with Crippen LogP contribution >= 0.6 is 0 Å². The predicted octanol–water partition coefficient (Wildman–Crippen LogP) is -0.551. The Balaban J connectivity index is 2.29. The fraction of sp³-hybridized carbons (Fsp3) is 0.231. The molecule has 0 bridgehead atoms. The van der Waals surface area contributed by atoms with E-state index in [9.17, 15) is 19.2 Å². The number of nitrogens with one attached hydrogen (secondary N) is 2. The van der Waals surface area contributed by atoms with Crippen molar-refractivity contribution in [1.29, 1.82) is 0 Å². The van der Waals surface area contributed by atoms with Crippen LogP contribution in [0.4, 0.5) is 0 Å². The number of carboxylic acids is 1. The topological polar surface area (TPSA) is 121 Å². The number of aromatic carboxylic acids is 1. The van der Waals surface area contributed by atoms with Gasteiger partial charge in [0.2, 0.25) is 5.91 Å². The minimum atomic E-state index is -1.13. The molecule has 1 fully saturated rings. The fourth-order valence-electron chi connectivity index (χ4n) is 2.51. The van der Waals surface area contributed by atoms with E-state index in [1.165, 1.54) is 22.8 Å². The Morgan fingerprint density at radius 2 is 2.05 bits per heavy atom. The SMILES string of the molecule is O=C1CC(n2c(=O)c(=O)[nH]c3cc(C(=O)O)ccc32)CN1. The number of rotatable bonds is 2. The van der Waals surface area contributed by atoms with Gasteiger partial charge in [-0.05, 0) is 18.2 Å². The molecule has 0 spiro atoms. The average Bonchev–Trinajstić information content (AvgIpc) is 2.85. The first-order valence-corrected chi connectivity index (χ1v) is 6.26. The molecule has 8 nitrogen and oxygen atoms in total. The normalized spacial score (nSPS) is 17.9. The molecular formula is C13H11N3O5. The van der Waals surface area contributed by atoms with Crippen LogP contribution in [0.2, 0.25) is 0 Å². The summed E-state index contributed by atoms with van der Waals surface area (Å²) in [5.74, 6) is -1.32. The molecule has 2 aromatic rings. The van der Waals surface area contributed by atoms with Crippen molar-refractivity contribution in [3.63, 3.8) is 0 Å². The van der Waals surface area contributed by atoms with Crippen LogP contribution in [0.1, 0.15) is 22.8 Å². The van der Waals surface area contributed by atoms with Crippen LogP contribution in [0.15, 0.2) is 27.8 Å². The lowest BCUT2D eigenvalue weighted by molar-refractivity contribution is -0.119. The molecule has 108 valence electrons. The van der Waals surface area contributed by atoms with Crippen molar-refractivity contribution in [3.8, 4) is 0 Å². The van der Waals surface area contributed by atoms with Crippen LogP contribution in [-0.2, 0) is 4.79 Å². The molecule has 1 aliphatic heterocycles. The molecule has 21 heavy (non-hydrogen) atoms. The molecule has 0 saturated carbocycles. The number of fused-ring (bicyclic) bond motifs is 1. The van der Waals surface area contributed by atoms with Crippen molar-refractivity contribution in [2.45, 2.75) is 12.5 Å². The van der Waals surface area contributed by atoms with Crippen LogP contribution in [0, 0.1) is 0 Å². The number of hydrogen-bond donors (Lipinski definition) is 3. The second kappa shape index (κ2) is 4.58. The summed E-state index contributed by atoms with van der Waals surface area (Å²) in [5, 5.41) is 11.6. The molecule has 1 saturated heterocycles. The van der Waals surface area contributed by atoms with Crippen molar-refractivity contribution in [2.75, 3.05) is 6.54 Å². The predicted molar refractivity (Wildman–Crippen MR) is 72.5 cm³/mol. The van der Waals surface area contributed by atoms with E-state index in [4.69, 9.17) is 5.11 Å². The molecule has 8 heteroatoms. The van der Waals surface area contributed by atoms with Gasteiger partial charge in [0.05, 0.1) is 22.6 Å². The van der Waals surface area contributed by atoms with Crippen molar-refractivity contribution in [3.05, 3.63) is 44.5 Å². The number of amides is 1. The van der Waals surface area contributed by atoms with Crippen LogP contribution in [0.3, 0.4) is 0 Å². The van der Waals surface area contributed by atoms with Gasteiger partial charge in [-0.15, -0.1) is 0 Å². The first kappa shape index (κ1) is 13.1. The second-order valence-electron chi connectivity index (χ2n) is 4.83. The number of benzene rings is 1.